The first-order valence-corrected chi connectivity index (χ1v) is 11.5. The molecule has 0 unspecified atom stereocenters. The first-order valence-electron chi connectivity index (χ1n) is 11.5. The van der Waals surface area contributed by atoms with Gasteiger partial charge in [0, 0.05) is 50.5 Å². The van der Waals surface area contributed by atoms with E-state index in [2.05, 4.69) is 70.8 Å². The third-order valence-electron chi connectivity index (χ3n) is 5.96. The van der Waals surface area contributed by atoms with Gasteiger partial charge in [-0.3, -0.25) is 4.90 Å². The summed E-state index contributed by atoms with van der Waals surface area (Å²) < 4.78 is 16.2. The van der Waals surface area contributed by atoms with Crippen LogP contribution >= 0.6 is 0 Å². The second-order valence-corrected chi connectivity index (χ2v) is 8.53. The number of H-pyrrole nitrogens is 1. The summed E-state index contributed by atoms with van der Waals surface area (Å²) >= 11 is 0. The number of fused-ring (bicyclic) bond motifs is 1. The van der Waals surface area contributed by atoms with Gasteiger partial charge in [0.05, 0.1) is 31.0 Å². The van der Waals surface area contributed by atoms with Crippen LogP contribution in [0.5, 0.6) is 0 Å². The SMILES string of the molecule is COCCOCCN(C)Cc1cc(NC2CCOCC2)c2[nH]c(-c3ccccc3)cc2c1. The molecule has 2 heterocycles. The van der Waals surface area contributed by atoms with Gasteiger partial charge in [-0.05, 0) is 49.2 Å². The van der Waals surface area contributed by atoms with Gasteiger partial charge in [0.15, 0.2) is 0 Å². The number of nitrogens with one attached hydrogen (secondary N) is 2. The van der Waals surface area contributed by atoms with Crippen molar-refractivity contribution in [3.05, 3.63) is 54.1 Å². The molecule has 0 radical (unpaired) electrons. The number of nitrogens with zero attached hydrogens (tertiary/aromatic N) is 1. The standard InChI is InChI=1S/C26H35N3O3/c1-29(10-13-32-15-14-30-2)19-20-16-22-18-24(21-6-4-3-5-7-21)28-26(22)25(17-20)27-23-8-11-31-12-9-23/h3-7,16-18,23,27-28H,8-15,19H2,1-2H3. The minimum absolute atomic E-state index is 0.442. The van der Waals surface area contributed by atoms with Crippen LogP contribution in [0, 0.1) is 0 Å². The molecular weight excluding hydrogens is 402 g/mol. The van der Waals surface area contributed by atoms with E-state index in [0.717, 1.165) is 44.8 Å². The average molecular weight is 438 g/mol. The van der Waals surface area contributed by atoms with E-state index in [4.69, 9.17) is 14.2 Å². The quantitative estimate of drug-likeness (QED) is 0.432. The lowest BCUT2D eigenvalue weighted by molar-refractivity contribution is 0.0598. The number of anilines is 1. The number of ether oxygens (including phenoxy) is 3. The third-order valence-corrected chi connectivity index (χ3v) is 5.96. The Bertz CT molecular complexity index is 967. The molecule has 4 rings (SSSR count). The van der Waals surface area contributed by atoms with Gasteiger partial charge < -0.3 is 24.5 Å². The molecule has 2 aromatic carbocycles. The number of aromatic amines is 1. The fourth-order valence-corrected chi connectivity index (χ4v) is 4.20. The monoisotopic (exact) mass is 437 g/mol. The van der Waals surface area contributed by atoms with E-state index in [1.807, 2.05) is 0 Å². The van der Waals surface area contributed by atoms with E-state index in [1.165, 1.54) is 27.7 Å². The molecular formula is C26H35N3O3. The maximum atomic E-state index is 5.63. The Balaban J connectivity index is 1.54. The Morgan fingerprint density at radius 3 is 2.66 bits per heavy atom. The molecule has 6 nitrogen and oxygen atoms in total. The Morgan fingerprint density at radius 1 is 1.06 bits per heavy atom. The largest absolute Gasteiger partial charge is 0.382 e. The summed E-state index contributed by atoms with van der Waals surface area (Å²) in [5, 5.41) is 5.04. The lowest BCUT2D eigenvalue weighted by Crippen LogP contribution is -2.28. The first-order chi connectivity index (χ1) is 15.7. The highest BCUT2D eigenvalue weighted by Crippen LogP contribution is 2.32. The van der Waals surface area contributed by atoms with Crippen molar-refractivity contribution in [3.63, 3.8) is 0 Å². The highest BCUT2D eigenvalue weighted by atomic mass is 16.5. The normalized spacial score (nSPS) is 15.0. The van der Waals surface area contributed by atoms with Crippen LogP contribution in [0.25, 0.3) is 22.2 Å². The summed E-state index contributed by atoms with van der Waals surface area (Å²) in [6.07, 6.45) is 2.08. The number of benzene rings is 2. The molecule has 1 aliphatic heterocycles. The topological polar surface area (TPSA) is 58.8 Å². The maximum Gasteiger partial charge on any atom is 0.0700 e. The predicted octanol–water partition coefficient (Wildman–Crippen LogP) is 4.52. The van der Waals surface area contributed by atoms with E-state index >= 15 is 0 Å². The summed E-state index contributed by atoms with van der Waals surface area (Å²) in [5.41, 5.74) is 5.99. The second kappa shape index (κ2) is 11.5. The molecule has 6 heteroatoms. The van der Waals surface area contributed by atoms with Gasteiger partial charge in [0.25, 0.3) is 0 Å². The van der Waals surface area contributed by atoms with Crippen LogP contribution in [0.2, 0.25) is 0 Å². The predicted molar refractivity (Wildman–Crippen MR) is 130 cm³/mol. The highest BCUT2D eigenvalue weighted by Gasteiger charge is 2.17. The van der Waals surface area contributed by atoms with Crippen LogP contribution in [-0.2, 0) is 20.8 Å². The molecule has 1 fully saturated rings. The van der Waals surface area contributed by atoms with Crippen LogP contribution in [-0.4, -0.2) is 69.7 Å². The third kappa shape index (κ3) is 6.11. The first kappa shape index (κ1) is 22.8. The van der Waals surface area contributed by atoms with E-state index in [0.29, 0.717) is 25.9 Å². The van der Waals surface area contributed by atoms with Gasteiger partial charge in [-0.1, -0.05) is 30.3 Å². The molecule has 0 aliphatic carbocycles. The molecule has 0 atom stereocenters. The molecule has 3 aromatic rings. The average Bonchev–Trinajstić information content (AvgIpc) is 3.25. The molecule has 1 saturated heterocycles. The van der Waals surface area contributed by atoms with Crippen LogP contribution < -0.4 is 5.32 Å². The van der Waals surface area contributed by atoms with Gasteiger partial charge in [-0.25, -0.2) is 0 Å². The number of hydrogen-bond donors (Lipinski definition) is 2. The summed E-state index contributed by atoms with van der Waals surface area (Å²) in [6, 6.07) is 17.8. The van der Waals surface area contributed by atoms with Crippen LogP contribution in [0.3, 0.4) is 0 Å². The van der Waals surface area contributed by atoms with E-state index in [-0.39, 0.29) is 0 Å². The second-order valence-electron chi connectivity index (χ2n) is 8.53. The smallest absolute Gasteiger partial charge is 0.0700 e. The van der Waals surface area contributed by atoms with E-state index < -0.39 is 0 Å². The van der Waals surface area contributed by atoms with Crippen molar-refractivity contribution in [3.8, 4) is 11.3 Å². The highest BCUT2D eigenvalue weighted by molar-refractivity contribution is 5.95. The zero-order chi connectivity index (χ0) is 22.2. The molecule has 0 bridgehead atoms. The fraction of sp³-hybridized carbons (Fsp3) is 0.462. The van der Waals surface area contributed by atoms with Gasteiger partial charge in [0.2, 0.25) is 0 Å². The van der Waals surface area contributed by atoms with Crippen LogP contribution in [0.15, 0.2) is 48.5 Å². The van der Waals surface area contributed by atoms with Gasteiger partial charge in [-0.2, -0.15) is 0 Å². The van der Waals surface area contributed by atoms with Crippen molar-refractivity contribution in [1.29, 1.82) is 0 Å². The fourth-order valence-electron chi connectivity index (χ4n) is 4.20. The summed E-state index contributed by atoms with van der Waals surface area (Å²) in [7, 11) is 3.84. The lowest BCUT2D eigenvalue weighted by Gasteiger charge is -2.25. The van der Waals surface area contributed by atoms with Gasteiger partial charge >= 0.3 is 0 Å². The van der Waals surface area contributed by atoms with Crippen molar-refractivity contribution in [2.24, 2.45) is 0 Å². The number of methoxy groups -OCH3 is 1. The van der Waals surface area contributed by atoms with Crippen molar-refractivity contribution in [2.75, 3.05) is 59.1 Å². The minimum Gasteiger partial charge on any atom is -0.382 e. The lowest BCUT2D eigenvalue weighted by atomic mass is 10.1. The summed E-state index contributed by atoms with van der Waals surface area (Å²) in [6.45, 7) is 5.39. The molecule has 1 aromatic heterocycles. The van der Waals surface area contributed by atoms with Crippen LogP contribution in [0.1, 0.15) is 18.4 Å². The van der Waals surface area contributed by atoms with Crippen molar-refractivity contribution in [2.45, 2.75) is 25.4 Å². The zero-order valence-electron chi connectivity index (χ0n) is 19.2. The zero-order valence-corrected chi connectivity index (χ0v) is 19.2. The number of hydrogen-bond acceptors (Lipinski definition) is 5. The number of aromatic nitrogens is 1. The molecule has 2 N–H and O–H groups in total. The van der Waals surface area contributed by atoms with E-state index in [9.17, 15) is 0 Å². The maximum absolute atomic E-state index is 5.63. The molecule has 0 saturated carbocycles. The van der Waals surface area contributed by atoms with Gasteiger partial charge in [0.1, 0.15) is 0 Å². The van der Waals surface area contributed by atoms with Crippen molar-refractivity contribution >= 4 is 16.6 Å². The Kier molecular flexibility index (Phi) is 8.18. The number of likely N-dealkylation sites (N-methyl/N-ethyl adjacent to an activating group) is 1. The molecule has 0 spiro atoms. The molecule has 0 amide bonds. The van der Waals surface area contributed by atoms with Crippen LogP contribution in [0.4, 0.5) is 5.69 Å². The summed E-state index contributed by atoms with van der Waals surface area (Å²) in [4.78, 5) is 5.97. The van der Waals surface area contributed by atoms with E-state index in [1.54, 1.807) is 7.11 Å². The minimum atomic E-state index is 0.442. The molecule has 1 aliphatic rings. The Hall–Kier alpha value is -2.38. The van der Waals surface area contributed by atoms with Crippen molar-refractivity contribution < 1.29 is 14.2 Å². The number of rotatable bonds is 11. The summed E-state index contributed by atoms with van der Waals surface area (Å²) in [5.74, 6) is 0. The van der Waals surface area contributed by atoms with Crippen molar-refractivity contribution in [1.82, 2.24) is 9.88 Å². The Morgan fingerprint density at radius 2 is 1.88 bits per heavy atom. The van der Waals surface area contributed by atoms with Gasteiger partial charge in [-0.15, -0.1) is 0 Å². The molecule has 172 valence electrons. The molecule has 32 heavy (non-hydrogen) atoms. The Labute approximate surface area is 190 Å².